The molecule has 2 rings (SSSR count). The zero-order valence-electron chi connectivity index (χ0n) is 11.6. The van der Waals surface area contributed by atoms with Gasteiger partial charge in [-0.2, -0.15) is 0 Å². The Balaban J connectivity index is 1.96. The predicted octanol–water partition coefficient (Wildman–Crippen LogP) is 0.840. The fourth-order valence-corrected chi connectivity index (χ4v) is 1.52. The van der Waals surface area contributed by atoms with Crippen LogP contribution in [-0.4, -0.2) is 34.9 Å². The molecule has 2 N–H and O–H groups in total. The van der Waals surface area contributed by atoms with Gasteiger partial charge in [0.2, 0.25) is 5.95 Å². The molecule has 0 bridgehead atoms. The Bertz CT molecular complexity index is 686. The van der Waals surface area contributed by atoms with Gasteiger partial charge in [0.15, 0.2) is 0 Å². The van der Waals surface area contributed by atoms with Crippen molar-refractivity contribution in [3.63, 3.8) is 0 Å². The molecule has 1 aromatic carbocycles. The van der Waals surface area contributed by atoms with E-state index in [2.05, 4.69) is 25.3 Å². The third-order valence-electron chi connectivity index (χ3n) is 2.56. The number of esters is 1. The fraction of sp³-hybridized carbons (Fsp3) is 0.0714. The van der Waals surface area contributed by atoms with Gasteiger partial charge in [-0.05, 0) is 30.3 Å². The Morgan fingerprint density at radius 3 is 2.14 bits per heavy atom. The third-order valence-corrected chi connectivity index (χ3v) is 2.56. The van der Waals surface area contributed by atoms with E-state index in [0.29, 0.717) is 11.3 Å². The zero-order valence-corrected chi connectivity index (χ0v) is 11.6. The molecular weight excluding hydrogens is 288 g/mol. The highest BCUT2D eigenvalue weighted by molar-refractivity contribution is 6.43. The maximum Gasteiger partial charge on any atom is 0.337 e. The standard InChI is InChI=1S/C14H12N4O4/c1-22-13(21)9-3-5-10(6-4-9)17-11(19)12(20)18-14-15-7-2-8-16-14/h2-8H,1H3,(H,17,19)(H,15,16,18,20). The molecule has 1 heterocycles. The van der Waals surface area contributed by atoms with E-state index in [9.17, 15) is 14.4 Å². The van der Waals surface area contributed by atoms with E-state index in [1.165, 1.54) is 43.8 Å². The number of aromatic nitrogens is 2. The number of benzene rings is 1. The number of nitrogens with zero attached hydrogens (tertiary/aromatic N) is 2. The van der Waals surface area contributed by atoms with Crippen LogP contribution in [0.1, 0.15) is 10.4 Å². The van der Waals surface area contributed by atoms with Crippen LogP contribution in [0.15, 0.2) is 42.7 Å². The molecule has 1 aromatic heterocycles. The average molecular weight is 300 g/mol. The van der Waals surface area contributed by atoms with Gasteiger partial charge < -0.3 is 10.1 Å². The summed E-state index contributed by atoms with van der Waals surface area (Å²) in [6, 6.07) is 7.49. The van der Waals surface area contributed by atoms with Crippen LogP contribution in [0.25, 0.3) is 0 Å². The number of carbonyl (C=O) groups is 3. The largest absolute Gasteiger partial charge is 0.465 e. The summed E-state index contributed by atoms with van der Waals surface area (Å²) in [6.45, 7) is 0. The van der Waals surface area contributed by atoms with Crippen LogP contribution in [0.5, 0.6) is 0 Å². The number of hydrogen-bond donors (Lipinski definition) is 2. The molecule has 0 unspecified atom stereocenters. The summed E-state index contributed by atoms with van der Waals surface area (Å²) < 4.78 is 4.56. The zero-order chi connectivity index (χ0) is 15.9. The number of methoxy groups -OCH3 is 1. The van der Waals surface area contributed by atoms with Gasteiger partial charge in [0.25, 0.3) is 0 Å². The lowest BCUT2D eigenvalue weighted by Gasteiger charge is -2.06. The van der Waals surface area contributed by atoms with Crippen LogP contribution in [0.4, 0.5) is 11.6 Å². The SMILES string of the molecule is COC(=O)c1ccc(NC(=O)C(=O)Nc2ncccn2)cc1. The number of rotatable bonds is 3. The van der Waals surface area contributed by atoms with Gasteiger partial charge >= 0.3 is 17.8 Å². The average Bonchev–Trinajstić information content (AvgIpc) is 2.55. The van der Waals surface area contributed by atoms with Crippen LogP contribution >= 0.6 is 0 Å². The van der Waals surface area contributed by atoms with Gasteiger partial charge in [-0.3, -0.25) is 14.9 Å². The molecule has 22 heavy (non-hydrogen) atoms. The summed E-state index contributed by atoms with van der Waals surface area (Å²) >= 11 is 0. The van der Waals surface area contributed by atoms with Gasteiger partial charge in [0, 0.05) is 18.1 Å². The molecule has 0 saturated heterocycles. The molecule has 0 aliphatic rings. The van der Waals surface area contributed by atoms with Crippen LogP contribution in [-0.2, 0) is 14.3 Å². The fourth-order valence-electron chi connectivity index (χ4n) is 1.52. The molecule has 0 aliphatic heterocycles. The molecule has 112 valence electrons. The lowest BCUT2D eigenvalue weighted by molar-refractivity contribution is -0.133. The number of amides is 2. The lowest BCUT2D eigenvalue weighted by Crippen LogP contribution is -2.29. The Morgan fingerprint density at radius 1 is 0.955 bits per heavy atom. The van der Waals surface area contributed by atoms with Crippen molar-refractivity contribution in [1.29, 1.82) is 0 Å². The minimum atomic E-state index is -0.900. The smallest absolute Gasteiger partial charge is 0.337 e. The van der Waals surface area contributed by atoms with E-state index in [-0.39, 0.29) is 5.95 Å². The number of hydrogen-bond acceptors (Lipinski definition) is 6. The van der Waals surface area contributed by atoms with Crippen LogP contribution in [0.2, 0.25) is 0 Å². The normalized spacial score (nSPS) is 9.68. The number of ether oxygens (including phenoxy) is 1. The third kappa shape index (κ3) is 3.85. The van der Waals surface area contributed by atoms with Crippen molar-refractivity contribution in [3.05, 3.63) is 48.3 Å². The van der Waals surface area contributed by atoms with E-state index in [0.717, 1.165) is 0 Å². The van der Waals surface area contributed by atoms with Crippen molar-refractivity contribution < 1.29 is 19.1 Å². The molecule has 0 fully saturated rings. The Morgan fingerprint density at radius 2 is 1.55 bits per heavy atom. The second-order valence-corrected chi connectivity index (χ2v) is 4.05. The monoisotopic (exact) mass is 300 g/mol. The van der Waals surface area contributed by atoms with Crippen molar-refractivity contribution in [2.75, 3.05) is 17.7 Å². The molecule has 0 radical (unpaired) electrons. The first-order valence-corrected chi connectivity index (χ1v) is 6.18. The minimum absolute atomic E-state index is 0.0312. The van der Waals surface area contributed by atoms with Gasteiger partial charge in [-0.25, -0.2) is 14.8 Å². The molecule has 0 spiro atoms. The summed E-state index contributed by atoms with van der Waals surface area (Å²) in [5, 5.41) is 4.64. The van der Waals surface area contributed by atoms with Crippen molar-refractivity contribution in [2.24, 2.45) is 0 Å². The van der Waals surface area contributed by atoms with Gasteiger partial charge in [0.1, 0.15) is 0 Å². The number of nitrogens with one attached hydrogen (secondary N) is 2. The van der Waals surface area contributed by atoms with Crippen molar-refractivity contribution >= 4 is 29.4 Å². The number of anilines is 2. The van der Waals surface area contributed by atoms with Crippen molar-refractivity contribution in [3.8, 4) is 0 Å². The van der Waals surface area contributed by atoms with E-state index in [4.69, 9.17) is 0 Å². The van der Waals surface area contributed by atoms with E-state index >= 15 is 0 Å². The molecule has 2 aromatic rings. The second-order valence-electron chi connectivity index (χ2n) is 4.05. The van der Waals surface area contributed by atoms with Gasteiger partial charge in [0.05, 0.1) is 12.7 Å². The van der Waals surface area contributed by atoms with E-state index in [1.54, 1.807) is 6.07 Å². The number of carbonyl (C=O) groups excluding carboxylic acids is 3. The highest BCUT2D eigenvalue weighted by Gasteiger charge is 2.15. The van der Waals surface area contributed by atoms with Crippen LogP contribution in [0, 0.1) is 0 Å². The second kappa shape index (κ2) is 6.93. The quantitative estimate of drug-likeness (QED) is 0.642. The summed E-state index contributed by atoms with van der Waals surface area (Å²) in [5.41, 5.74) is 0.699. The molecule has 2 amide bonds. The molecule has 8 heteroatoms. The maximum atomic E-state index is 11.7. The van der Waals surface area contributed by atoms with Gasteiger partial charge in [-0.15, -0.1) is 0 Å². The van der Waals surface area contributed by atoms with E-state index in [1.807, 2.05) is 0 Å². The molecule has 0 atom stereocenters. The first-order chi connectivity index (χ1) is 10.6. The minimum Gasteiger partial charge on any atom is -0.465 e. The summed E-state index contributed by atoms with van der Waals surface area (Å²) in [7, 11) is 1.27. The Hall–Kier alpha value is -3.29. The Kier molecular flexibility index (Phi) is 4.76. The topological polar surface area (TPSA) is 110 Å². The molecule has 0 aliphatic carbocycles. The Labute approximate surface area is 125 Å². The highest BCUT2D eigenvalue weighted by atomic mass is 16.5. The summed E-state index contributed by atoms with van der Waals surface area (Å²) in [6.07, 6.45) is 2.87. The van der Waals surface area contributed by atoms with E-state index < -0.39 is 17.8 Å². The van der Waals surface area contributed by atoms with Crippen LogP contribution in [0.3, 0.4) is 0 Å². The summed E-state index contributed by atoms with van der Waals surface area (Å²) in [5.74, 6) is -2.23. The molecular formula is C14H12N4O4. The van der Waals surface area contributed by atoms with Gasteiger partial charge in [-0.1, -0.05) is 0 Å². The van der Waals surface area contributed by atoms with Crippen molar-refractivity contribution in [1.82, 2.24) is 9.97 Å². The van der Waals surface area contributed by atoms with Crippen LogP contribution < -0.4 is 10.6 Å². The first kappa shape index (κ1) is 15.1. The first-order valence-electron chi connectivity index (χ1n) is 6.18. The molecule has 8 nitrogen and oxygen atoms in total. The molecule has 0 saturated carbocycles. The maximum absolute atomic E-state index is 11.7. The predicted molar refractivity (Wildman–Crippen MR) is 77.1 cm³/mol. The van der Waals surface area contributed by atoms with Crippen molar-refractivity contribution in [2.45, 2.75) is 0 Å². The summed E-state index contributed by atoms with van der Waals surface area (Å²) in [4.78, 5) is 42.2. The highest BCUT2D eigenvalue weighted by Crippen LogP contribution is 2.10. The lowest BCUT2D eigenvalue weighted by atomic mass is 10.2.